The second-order valence-corrected chi connectivity index (χ2v) is 9.90. The fourth-order valence-electron chi connectivity index (χ4n) is 3.56. The molecule has 1 unspecified atom stereocenters. The number of hydrogen-bond donors (Lipinski definition) is 0. The van der Waals surface area contributed by atoms with Crippen molar-refractivity contribution in [3.05, 3.63) is 29.3 Å². The SMILES string of the molecule is CS(=O)c1ccc(CCCCC2CCN(C(=O)OC(C)(C)C)CC2)cc1C#N. The highest BCUT2D eigenvalue weighted by molar-refractivity contribution is 7.84. The Morgan fingerprint density at radius 1 is 1.29 bits per heavy atom. The monoisotopic (exact) mass is 404 g/mol. The van der Waals surface area contributed by atoms with Gasteiger partial charge in [-0.1, -0.05) is 18.9 Å². The second-order valence-electron chi connectivity index (χ2n) is 8.55. The van der Waals surface area contributed by atoms with E-state index in [1.54, 1.807) is 6.26 Å². The first-order chi connectivity index (χ1) is 13.2. The Bertz CT molecular complexity index is 741. The molecule has 0 bridgehead atoms. The van der Waals surface area contributed by atoms with Crippen molar-refractivity contribution in [2.24, 2.45) is 5.92 Å². The molecular formula is C22H32N2O3S. The highest BCUT2D eigenvalue weighted by Gasteiger charge is 2.26. The lowest BCUT2D eigenvalue weighted by Gasteiger charge is -2.33. The molecule has 6 heteroatoms. The van der Waals surface area contributed by atoms with E-state index in [1.165, 1.54) is 6.42 Å². The Labute approximate surface area is 171 Å². The maximum Gasteiger partial charge on any atom is 0.410 e. The molecule has 0 aliphatic carbocycles. The second kappa shape index (κ2) is 10.1. The van der Waals surface area contributed by atoms with Crippen LogP contribution in [0.5, 0.6) is 0 Å². The molecule has 154 valence electrons. The molecule has 1 fully saturated rings. The summed E-state index contributed by atoms with van der Waals surface area (Å²) in [7, 11) is -1.13. The van der Waals surface area contributed by atoms with Crippen molar-refractivity contribution in [2.75, 3.05) is 19.3 Å². The number of hydrogen-bond acceptors (Lipinski definition) is 4. The predicted molar refractivity (Wildman–Crippen MR) is 112 cm³/mol. The fraction of sp³-hybridized carbons (Fsp3) is 0.636. The van der Waals surface area contributed by atoms with Gasteiger partial charge < -0.3 is 9.64 Å². The first kappa shape index (κ1) is 22.4. The summed E-state index contributed by atoms with van der Waals surface area (Å²) < 4.78 is 17.1. The number of nitrogens with zero attached hydrogens (tertiary/aromatic N) is 2. The van der Waals surface area contributed by atoms with Crippen LogP contribution in [0.25, 0.3) is 0 Å². The Hall–Kier alpha value is -1.87. The van der Waals surface area contributed by atoms with Crippen LogP contribution < -0.4 is 0 Å². The summed E-state index contributed by atoms with van der Waals surface area (Å²) in [5.74, 6) is 0.665. The number of nitriles is 1. The normalized spacial score (nSPS) is 16.5. The molecule has 1 amide bonds. The molecule has 0 N–H and O–H groups in total. The van der Waals surface area contributed by atoms with Gasteiger partial charge in [-0.05, 0) is 70.1 Å². The van der Waals surface area contributed by atoms with Crippen LogP contribution in [0.4, 0.5) is 4.79 Å². The first-order valence-corrected chi connectivity index (χ1v) is 11.6. The summed E-state index contributed by atoms with van der Waals surface area (Å²) in [6, 6.07) is 7.82. The number of rotatable bonds is 6. The van der Waals surface area contributed by atoms with E-state index in [0.717, 1.165) is 50.8 Å². The van der Waals surface area contributed by atoms with Crippen molar-refractivity contribution in [3.8, 4) is 6.07 Å². The van der Waals surface area contributed by atoms with Crippen molar-refractivity contribution >= 4 is 16.9 Å². The summed E-state index contributed by atoms with van der Waals surface area (Å²) in [6.45, 7) is 7.24. The van der Waals surface area contributed by atoms with Gasteiger partial charge in [0.2, 0.25) is 0 Å². The predicted octanol–water partition coefficient (Wildman–Crippen LogP) is 4.66. The topological polar surface area (TPSA) is 70.4 Å². The van der Waals surface area contributed by atoms with E-state index in [4.69, 9.17) is 4.74 Å². The molecular weight excluding hydrogens is 372 g/mol. The van der Waals surface area contributed by atoms with Crippen LogP contribution in [0.3, 0.4) is 0 Å². The molecule has 1 heterocycles. The Balaban J connectivity index is 1.71. The van der Waals surface area contributed by atoms with Gasteiger partial charge in [0, 0.05) is 19.3 Å². The average Bonchev–Trinajstić information content (AvgIpc) is 2.64. The van der Waals surface area contributed by atoms with E-state index in [0.29, 0.717) is 16.4 Å². The van der Waals surface area contributed by atoms with Crippen molar-refractivity contribution in [1.82, 2.24) is 4.90 Å². The third-order valence-electron chi connectivity index (χ3n) is 5.07. The summed E-state index contributed by atoms with van der Waals surface area (Å²) in [5.41, 5.74) is 1.21. The van der Waals surface area contributed by atoms with Crippen molar-refractivity contribution in [2.45, 2.75) is 69.8 Å². The molecule has 1 aromatic rings. The maximum atomic E-state index is 12.1. The number of likely N-dealkylation sites (tertiary alicyclic amines) is 1. The largest absolute Gasteiger partial charge is 0.444 e. The molecule has 2 rings (SSSR count). The van der Waals surface area contributed by atoms with Gasteiger partial charge in [-0.3, -0.25) is 4.21 Å². The standard InChI is InChI=1S/C22H32N2O3S/c1-22(2,3)27-21(25)24-13-11-17(12-14-24)7-5-6-8-18-9-10-20(28(4)26)19(15-18)16-23/h9-10,15,17H,5-8,11-14H2,1-4H3. The first-order valence-electron chi connectivity index (χ1n) is 10.0. The zero-order valence-corrected chi connectivity index (χ0v) is 18.3. The summed E-state index contributed by atoms with van der Waals surface area (Å²) in [4.78, 5) is 14.6. The number of piperidine rings is 1. The van der Waals surface area contributed by atoms with Gasteiger partial charge in [-0.15, -0.1) is 0 Å². The Kier molecular flexibility index (Phi) is 8.06. The molecule has 0 saturated carbocycles. The maximum absolute atomic E-state index is 12.1. The number of carbonyl (C=O) groups is 1. The van der Waals surface area contributed by atoms with Crippen LogP contribution in [0.15, 0.2) is 23.1 Å². The van der Waals surface area contributed by atoms with E-state index in [1.807, 2.05) is 43.9 Å². The van der Waals surface area contributed by atoms with Gasteiger partial charge in [0.05, 0.1) is 21.3 Å². The lowest BCUT2D eigenvalue weighted by atomic mass is 9.91. The molecule has 1 aromatic carbocycles. The zero-order chi connectivity index (χ0) is 20.7. The number of unbranched alkanes of at least 4 members (excludes halogenated alkanes) is 1. The summed E-state index contributed by atoms with van der Waals surface area (Å²) >= 11 is 0. The quantitative estimate of drug-likeness (QED) is 0.647. The van der Waals surface area contributed by atoms with Crippen molar-refractivity contribution in [3.63, 3.8) is 0 Å². The lowest BCUT2D eigenvalue weighted by Crippen LogP contribution is -2.41. The van der Waals surface area contributed by atoms with Crippen LogP contribution in [-0.2, 0) is 22.0 Å². The molecule has 5 nitrogen and oxygen atoms in total. The van der Waals surface area contributed by atoms with Crippen molar-refractivity contribution < 1.29 is 13.7 Å². The molecule has 1 saturated heterocycles. The molecule has 1 aliphatic rings. The number of ether oxygens (including phenoxy) is 1. The Morgan fingerprint density at radius 2 is 1.96 bits per heavy atom. The van der Waals surface area contributed by atoms with Gasteiger partial charge in [-0.25, -0.2) is 4.79 Å². The minimum Gasteiger partial charge on any atom is -0.444 e. The number of aryl methyl sites for hydroxylation is 1. The third-order valence-corrected chi connectivity index (χ3v) is 6.04. The molecule has 0 spiro atoms. The molecule has 0 radical (unpaired) electrons. The van der Waals surface area contributed by atoms with E-state index < -0.39 is 16.4 Å². The minimum absolute atomic E-state index is 0.198. The number of carbonyl (C=O) groups excluding carboxylic acids is 1. The van der Waals surface area contributed by atoms with Crippen LogP contribution >= 0.6 is 0 Å². The van der Waals surface area contributed by atoms with Gasteiger partial charge in [0.15, 0.2) is 0 Å². The average molecular weight is 405 g/mol. The van der Waals surface area contributed by atoms with Crippen LogP contribution in [-0.4, -0.2) is 40.1 Å². The van der Waals surface area contributed by atoms with Gasteiger partial charge >= 0.3 is 6.09 Å². The van der Waals surface area contributed by atoms with E-state index in [2.05, 4.69) is 6.07 Å². The lowest BCUT2D eigenvalue weighted by molar-refractivity contribution is 0.0180. The van der Waals surface area contributed by atoms with E-state index in [-0.39, 0.29) is 6.09 Å². The summed E-state index contributed by atoms with van der Waals surface area (Å²) in [5, 5.41) is 9.23. The van der Waals surface area contributed by atoms with Crippen LogP contribution in [0.2, 0.25) is 0 Å². The molecule has 1 atom stereocenters. The van der Waals surface area contributed by atoms with Gasteiger partial charge in [0.25, 0.3) is 0 Å². The van der Waals surface area contributed by atoms with E-state index >= 15 is 0 Å². The summed E-state index contributed by atoms with van der Waals surface area (Å²) in [6.07, 6.45) is 7.79. The van der Waals surface area contributed by atoms with Crippen LogP contribution in [0, 0.1) is 17.2 Å². The smallest absolute Gasteiger partial charge is 0.410 e. The number of amides is 1. The van der Waals surface area contributed by atoms with Crippen LogP contribution in [0.1, 0.15) is 64.0 Å². The minimum atomic E-state index is -1.13. The van der Waals surface area contributed by atoms with Gasteiger partial charge in [-0.2, -0.15) is 5.26 Å². The Morgan fingerprint density at radius 3 is 2.54 bits per heavy atom. The zero-order valence-electron chi connectivity index (χ0n) is 17.5. The molecule has 0 aromatic heterocycles. The van der Waals surface area contributed by atoms with E-state index in [9.17, 15) is 14.3 Å². The highest BCUT2D eigenvalue weighted by Crippen LogP contribution is 2.25. The fourth-order valence-corrected chi connectivity index (χ4v) is 4.24. The third kappa shape index (κ3) is 6.94. The van der Waals surface area contributed by atoms with Crippen molar-refractivity contribution in [1.29, 1.82) is 5.26 Å². The molecule has 1 aliphatic heterocycles. The highest BCUT2D eigenvalue weighted by atomic mass is 32.2. The van der Waals surface area contributed by atoms with Gasteiger partial charge in [0.1, 0.15) is 11.7 Å². The molecule has 28 heavy (non-hydrogen) atoms. The number of benzene rings is 1.